The number of rotatable bonds is 5. The Balaban J connectivity index is 1.76. The molecule has 0 aliphatic heterocycles. The van der Waals surface area contributed by atoms with E-state index in [2.05, 4.69) is 55.3 Å². The maximum absolute atomic E-state index is 4.52. The fourth-order valence-electron chi connectivity index (χ4n) is 1.91. The van der Waals surface area contributed by atoms with E-state index in [1.165, 1.54) is 21.0 Å². The highest BCUT2D eigenvalue weighted by Crippen LogP contribution is 2.15. The van der Waals surface area contributed by atoms with Gasteiger partial charge in [-0.25, -0.2) is 4.98 Å². The SMILES string of the molecule is Cc1cccc(CCNCc2nc(C)c(C)s2)c1. The lowest BCUT2D eigenvalue weighted by molar-refractivity contribution is 0.683. The van der Waals surface area contributed by atoms with E-state index in [0.29, 0.717) is 0 Å². The van der Waals surface area contributed by atoms with Gasteiger partial charge in [-0.2, -0.15) is 0 Å². The Hall–Kier alpha value is -1.19. The number of aromatic nitrogens is 1. The highest BCUT2D eigenvalue weighted by molar-refractivity contribution is 7.11. The minimum Gasteiger partial charge on any atom is -0.310 e. The minimum atomic E-state index is 0.880. The van der Waals surface area contributed by atoms with Crippen LogP contribution in [0.2, 0.25) is 0 Å². The molecule has 0 spiro atoms. The highest BCUT2D eigenvalue weighted by atomic mass is 32.1. The van der Waals surface area contributed by atoms with Gasteiger partial charge < -0.3 is 5.32 Å². The third kappa shape index (κ3) is 3.65. The molecule has 1 heterocycles. The zero-order valence-corrected chi connectivity index (χ0v) is 12.1. The van der Waals surface area contributed by atoms with Crippen LogP contribution < -0.4 is 5.32 Å². The quantitative estimate of drug-likeness (QED) is 0.833. The molecule has 1 N–H and O–H groups in total. The molecular weight excluding hydrogens is 240 g/mol. The second-order valence-corrected chi connectivity index (χ2v) is 5.95. The summed E-state index contributed by atoms with van der Waals surface area (Å²) in [4.78, 5) is 5.85. The van der Waals surface area contributed by atoms with Gasteiger partial charge in [-0.05, 0) is 39.3 Å². The number of hydrogen-bond acceptors (Lipinski definition) is 3. The first-order valence-electron chi connectivity index (χ1n) is 6.34. The molecule has 2 rings (SSSR count). The van der Waals surface area contributed by atoms with E-state index in [1.54, 1.807) is 11.3 Å². The van der Waals surface area contributed by atoms with Crippen molar-refractivity contribution in [2.45, 2.75) is 33.7 Å². The normalized spacial score (nSPS) is 10.8. The smallest absolute Gasteiger partial charge is 0.107 e. The third-order valence-corrected chi connectivity index (χ3v) is 4.09. The predicted molar refractivity (Wildman–Crippen MR) is 78.2 cm³/mol. The summed E-state index contributed by atoms with van der Waals surface area (Å²) in [5.74, 6) is 0. The van der Waals surface area contributed by atoms with Crippen molar-refractivity contribution in [3.63, 3.8) is 0 Å². The van der Waals surface area contributed by atoms with Crippen molar-refractivity contribution in [1.29, 1.82) is 0 Å². The average Bonchev–Trinajstić information content (AvgIpc) is 2.65. The number of hydrogen-bond donors (Lipinski definition) is 1. The number of nitrogens with one attached hydrogen (secondary N) is 1. The number of thiazole rings is 1. The minimum absolute atomic E-state index is 0.880. The predicted octanol–water partition coefficient (Wildman–Crippen LogP) is 3.40. The van der Waals surface area contributed by atoms with Crippen LogP contribution in [0.3, 0.4) is 0 Å². The summed E-state index contributed by atoms with van der Waals surface area (Å²) in [6, 6.07) is 8.70. The van der Waals surface area contributed by atoms with Crippen LogP contribution in [0.4, 0.5) is 0 Å². The largest absolute Gasteiger partial charge is 0.310 e. The molecule has 0 aliphatic carbocycles. The first-order valence-corrected chi connectivity index (χ1v) is 7.16. The van der Waals surface area contributed by atoms with E-state index in [4.69, 9.17) is 0 Å². The van der Waals surface area contributed by atoms with Crippen molar-refractivity contribution in [3.05, 3.63) is 51.0 Å². The van der Waals surface area contributed by atoms with Crippen LogP contribution in [0.1, 0.15) is 26.7 Å². The van der Waals surface area contributed by atoms with Crippen LogP contribution in [-0.4, -0.2) is 11.5 Å². The van der Waals surface area contributed by atoms with Crippen molar-refractivity contribution in [1.82, 2.24) is 10.3 Å². The topological polar surface area (TPSA) is 24.9 Å². The van der Waals surface area contributed by atoms with Gasteiger partial charge >= 0.3 is 0 Å². The van der Waals surface area contributed by atoms with E-state index in [1.807, 2.05) is 0 Å². The Morgan fingerprint density at radius 1 is 1.22 bits per heavy atom. The lowest BCUT2D eigenvalue weighted by Gasteiger charge is -2.04. The Morgan fingerprint density at radius 2 is 2.06 bits per heavy atom. The lowest BCUT2D eigenvalue weighted by Crippen LogP contribution is -2.16. The van der Waals surface area contributed by atoms with Crippen molar-refractivity contribution in [3.8, 4) is 0 Å². The molecule has 2 nitrogen and oxygen atoms in total. The Kier molecular flexibility index (Phi) is 4.50. The molecule has 0 fully saturated rings. The molecule has 96 valence electrons. The Morgan fingerprint density at radius 3 is 2.72 bits per heavy atom. The number of benzene rings is 1. The second-order valence-electron chi connectivity index (χ2n) is 4.67. The standard InChI is InChI=1S/C15H20N2S/c1-11-5-4-6-14(9-11)7-8-16-10-15-17-12(2)13(3)18-15/h4-6,9,16H,7-8,10H2,1-3H3. The van der Waals surface area contributed by atoms with Gasteiger partial charge in [0, 0.05) is 11.4 Å². The average molecular weight is 260 g/mol. The van der Waals surface area contributed by atoms with Gasteiger partial charge in [0.25, 0.3) is 0 Å². The summed E-state index contributed by atoms with van der Waals surface area (Å²) in [6.07, 6.45) is 1.07. The zero-order valence-electron chi connectivity index (χ0n) is 11.3. The Labute approximate surface area is 113 Å². The van der Waals surface area contributed by atoms with E-state index in [0.717, 1.165) is 25.2 Å². The molecule has 0 bridgehead atoms. The van der Waals surface area contributed by atoms with Crippen molar-refractivity contribution < 1.29 is 0 Å². The van der Waals surface area contributed by atoms with Gasteiger partial charge in [0.15, 0.2) is 0 Å². The molecule has 1 aromatic carbocycles. The van der Waals surface area contributed by atoms with Gasteiger partial charge in [0.2, 0.25) is 0 Å². The zero-order chi connectivity index (χ0) is 13.0. The Bertz CT molecular complexity index is 497. The molecule has 0 atom stereocenters. The molecule has 0 saturated carbocycles. The molecule has 2 aromatic rings. The van der Waals surface area contributed by atoms with Gasteiger partial charge in [0.05, 0.1) is 5.69 Å². The van der Waals surface area contributed by atoms with Gasteiger partial charge in [-0.1, -0.05) is 29.8 Å². The van der Waals surface area contributed by atoms with Crippen LogP contribution in [0.5, 0.6) is 0 Å². The van der Waals surface area contributed by atoms with Crippen LogP contribution >= 0.6 is 11.3 Å². The molecule has 0 radical (unpaired) electrons. The van der Waals surface area contributed by atoms with Crippen molar-refractivity contribution in [2.75, 3.05) is 6.54 Å². The van der Waals surface area contributed by atoms with Gasteiger partial charge in [-0.15, -0.1) is 11.3 Å². The maximum atomic E-state index is 4.52. The second kappa shape index (κ2) is 6.12. The molecular formula is C15H20N2S. The first kappa shape index (κ1) is 13.2. The summed E-state index contributed by atoms with van der Waals surface area (Å²) in [7, 11) is 0. The molecule has 3 heteroatoms. The molecule has 0 saturated heterocycles. The lowest BCUT2D eigenvalue weighted by atomic mass is 10.1. The van der Waals surface area contributed by atoms with Crippen LogP contribution in [-0.2, 0) is 13.0 Å². The highest BCUT2D eigenvalue weighted by Gasteiger charge is 2.02. The van der Waals surface area contributed by atoms with Crippen LogP contribution in [0.25, 0.3) is 0 Å². The molecule has 0 amide bonds. The molecule has 0 unspecified atom stereocenters. The summed E-state index contributed by atoms with van der Waals surface area (Å²) in [6.45, 7) is 8.22. The summed E-state index contributed by atoms with van der Waals surface area (Å²) >= 11 is 1.79. The first-order chi connectivity index (χ1) is 8.65. The monoisotopic (exact) mass is 260 g/mol. The summed E-state index contributed by atoms with van der Waals surface area (Å²) in [5, 5.41) is 4.65. The van der Waals surface area contributed by atoms with Crippen molar-refractivity contribution >= 4 is 11.3 Å². The summed E-state index contributed by atoms with van der Waals surface area (Å²) < 4.78 is 0. The van der Waals surface area contributed by atoms with E-state index in [-0.39, 0.29) is 0 Å². The van der Waals surface area contributed by atoms with Gasteiger partial charge in [0.1, 0.15) is 5.01 Å². The van der Waals surface area contributed by atoms with E-state index >= 15 is 0 Å². The fourth-order valence-corrected chi connectivity index (χ4v) is 2.81. The molecule has 1 aromatic heterocycles. The third-order valence-electron chi connectivity index (χ3n) is 3.02. The maximum Gasteiger partial charge on any atom is 0.107 e. The molecule has 0 aliphatic rings. The number of nitrogens with zero attached hydrogens (tertiary/aromatic N) is 1. The van der Waals surface area contributed by atoms with E-state index < -0.39 is 0 Å². The van der Waals surface area contributed by atoms with Crippen LogP contribution in [0, 0.1) is 20.8 Å². The van der Waals surface area contributed by atoms with E-state index in [9.17, 15) is 0 Å². The number of aryl methyl sites for hydroxylation is 3. The summed E-state index contributed by atoms with van der Waals surface area (Å²) in [5.41, 5.74) is 3.89. The molecule has 18 heavy (non-hydrogen) atoms. The van der Waals surface area contributed by atoms with Crippen LogP contribution in [0.15, 0.2) is 24.3 Å². The van der Waals surface area contributed by atoms with Gasteiger partial charge in [-0.3, -0.25) is 0 Å². The fraction of sp³-hybridized carbons (Fsp3) is 0.400. The van der Waals surface area contributed by atoms with Crippen molar-refractivity contribution in [2.24, 2.45) is 0 Å².